The Morgan fingerprint density at radius 3 is 2.95 bits per heavy atom. The molecular weight excluding hydrogens is 286 g/mol. The van der Waals surface area contributed by atoms with Crippen molar-refractivity contribution in [3.8, 4) is 0 Å². The van der Waals surface area contributed by atoms with E-state index in [1.54, 1.807) is 17.9 Å². The summed E-state index contributed by atoms with van der Waals surface area (Å²) in [7, 11) is -3.46. The summed E-state index contributed by atoms with van der Waals surface area (Å²) in [6.07, 6.45) is 5.91. The van der Waals surface area contributed by atoms with E-state index in [1.165, 1.54) is 6.07 Å². The van der Waals surface area contributed by atoms with E-state index in [1.807, 2.05) is 10.8 Å². The number of sulfonamides is 1. The van der Waals surface area contributed by atoms with E-state index >= 15 is 0 Å². The van der Waals surface area contributed by atoms with Crippen molar-refractivity contribution in [3.05, 3.63) is 35.7 Å². The summed E-state index contributed by atoms with van der Waals surface area (Å²) in [6, 6.07) is 1.49. The summed E-state index contributed by atoms with van der Waals surface area (Å²) in [5.74, 6) is 0. The van der Waals surface area contributed by atoms with Crippen molar-refractivity contribution in [1.82, 2.24) is 14.3 Å². The zero-order valence-corrected chi connectivity index (χ0v) is 11.8. The van der Waals surface area contributed by atoms with E-state index < -0.39 is 10.0 Å². The van der Waals surface area contributed by atoms with Crippen molar-refractivity contribution in [1.29, 1.82) is 0 Å². The first-order valence-corrected chi connectivity index (χ1v) is 8.12. The first-order valence-electron chi connectivity index (χ1n) is 5.75. The molecule has 0 aliphatic heterocycles. The van der Waals surface area contributed by atoms with E-state index in [4.69, 9.17) is 5.11 Å². The molecule has 0 aromatic carbocycles. The van der Waals surface area contributed by atoms with Gasteiger partial charge in [0.25, 0.3) is 0 Å². The Morgan fingerprint density at radius 1 is 1.47 bits per heavy atom. The topological polar surface area (TPSA) is 84.2 Å². The molecule has 19 heavy (non-hydrogen) atoms. The number of nitrogens with zero attached hydrogens (tertiary/aromatic N) is 2. The number of imidazole rings is 1. The lowest BCUT2D eigenvalue weighted by Gasteiger charge is -2.05. The maximum absolute atomic E-state index is 11.9. The highest BCUT2D eigenvalue weighted by atomic mass is 32.2. The molecule has 0 spiro atoms. The summed E-state index contributed by atoms with van der Waals surface area (Å²) in [5, 5.41) is 10.6. The Balaban J connectivity index is 1.84. The van der Waals surface area contributed by atoms with Crippen molar-refractivity contribution < 1.29 is 13.5 Å². The van der Waals surface area contributed by atoms with Gasteiger partial charge in [-0.15, -0.1) is 11.3 Å². The summed E-state index contributed by atoms with van der Waals surface area (Å²) in [5.41, 5.74) is 0.615. The number of hydrogen-bond acceptors (Lipinski definition) is 5. The zero-order valence-electron chi connectivity index (χ0n) is 10.2. The third kappa shape index (κ3) is 3.87. The van der Waals surface area contributed by atoms with Crippen molar-refractivity contribution in [3.63, 3.8) is 0 Å². The van der Waals surface area contributed by atoms with Crippen molar-refractivity contribution in [2.24, 2.45) is 0 Å². The van der Waals surface area contributed by atoms with E-state index in [0.717, 1.165) is 17.9 Å². The second-order valence-electron chi connectivity index (χ2n) is 3.98. The second-order valence-corrected chi connectivity index (χ2v) is 6.89. The predicted octanol–water partition coefficient (Wildman–Crippen LogP) is 0.805. The number of aliphatic hydroxyl groups is 1. The largest absolute Gasteiger partial charge is 0.392 e. The number of aromatic nitrogens is 2. The lowest BCUT2D eigenvalue weighted by molar-refractivity contribution is 0.282. The minimum atomic E-state index is -3.46. The van der Waals surface area contributed by atoms with Gasteiger partial charge in [-0.25, -0.2) is 18.1 Å². The van der Waals surface area contributed by atoms with Crippen LogP contribution in [-0.2, 0) is 23.2 Å². The summed E-state index contributed by atoms with van der Waals surface area (Å²) < 4.78 is 28.5. The SMILES string of the molecule is O=S(=O)(NCCCn1ccnc1)c1cc(CO)cs1. The second kappa shape index (κ2) is 6.29. The molecule has 2 N–H and O–H groups in total. The maximum Gasteiger partial charge on any atom is 0.250 e. The van der Waals surface area contributed by atoms with E-state index in [2.05, 4.69) is 9.71 Å². The van der Waals surface area contributed by atoms with Crippen molar-refractivity contribution >= 4 is 21.4 Å². The first kappa shape index (κ1) is 14.2. The fourth-order valence-electron chi connectivity index (χ4n) is 1.54. The molecule has 0 aliphatic rings. The molecule has 104 valence electrons. The van der Waals surface area contributed by atoms with Crippen LogP contribution >= 0.6 is 11.3 Å². The van der Waals surface area contributed by atoms with Crippen LogP contribution in [-0.4, -0.2) is 29.6 Å². The number of aryl methyl sites for hydroxylation is 1. The summed E-state index contributed by atoms with van der Waals surface area (Å²) in [4.78, 5) is 3.91. The van der Waals surface area contributed by atoms with Crippen LogP contribution in [0.15, 0.2) is 34.4 Å². The quantitative estimate of drug-likeness (QED) is 0.741. The van der Waals surface area contributed by atoms with Gasteiger partial charge < -0.3 is 9.67 Å². The van der Waals surface area contributed by atoms with Crippen LogP contribution in [0.2, 0.25) is 0 Å². The number of rotatable bonds is 7. The molecule has 0 amide bonds. The molecule has 0 bridgehead atoms. The van der Waals surface area contributed by atoms with E-state index in [0.29, 0.717) is 18.5 Å². The third-order valence-electron chi connectivity index (χ3n) is 2.52. The van der Waals surface area contributed by atoms with Crippen LogP contribution in [0.5, 0.6) is 0 Å². The average molecular weight is 301 g/mol. The van der Waals surface area contributed by atoms with Crippen LogP contribution in [0, 0.1) is 0 Å². The molecule has 2 aromatic heterocycles. The fourth-order valence-corrected chi connectivity index (χ4v) is 3.85. The standard InChI is InChI=1S/C11H15N3O3S2/c15-7-10-6-11(18-8-10)19(16,17)13-2-1-4-14-5-3-12-9-14/h3,5-6,8-9,13,15H,1-2,4,7H2. The smallest absolute Gasteiger partial charge is 0.250 e. The van der Waals surface area contributed by atoms with E-state index in [9.17, 15) is 8.42 Å². The van der Waals surface area contributed by atoms with E-state index in [-0.39, 0.29) is 10.8 Å². The summed E-state index contributed by atoms with van der Waals surface area (Å²) in [6.45, 7) is 0.939. The van der Waals surface area contributed by atoms with Crippen LogP contribution < -0.4 is 4.72 Å². The Bertz CT molecular complexity index is 605. The minimum Gasteiger partial charge on any atom is -0.392 e. The molecule has 0 saturated carbocycles. The van der Waals surface area contributed by atoms with Gasteiger partial charge in [-0.2, -0.15) is 0 Å². The van der Waals surface area contributed by atoms with Gasteiger partial charge >= 0.3 is 0 Å². The highest BCUT2D eigenvalue weighted by Crippen LogP contribution is 2.19. The Labute approximate surface area is 115 Å². The van der Waals surface area contributed by atoms with Gasteiger partial charge in [0, 0.05) is 25.5 Å². The molecule has 2 heterocycles. The molecule has 2 rings (SSSR count). The molecule has 0 unspecified atom stereocenters. The third-order valence-corrected chi connectivity index (χ3v) is 5.47. The Kier molecular flexibility index (Phi) is 4.70. The molecule has 0 radical (unpaired) electrons. The average Bonchev–Trinajstić information content (AvgIpc) is 3.05. The van der Waals surface area contributed by atoms with Gasteiger partial charge in [0.1, 0.15) is 4.21 Å². The molecular formula is C11H15N3O3S2. The van der Waals surface area contributed by atoms with Crippen LogP contribution in [0.4, 0.5) is 0 Å². The highest BCUT2D eigenvalue weighted by molar-refractivity contribution is 7.91. The molecule has 0 saturated heterocycles. The van der Waals surface area contributed by atoms with Crippen LogP contribution in [0.3, 0.4) is 0 Å². The van der Waals surface area contributed by atoms with Gasteiger partial charge in [-0.3, -0.25) is 0 Å². The van der Waals surface area contributed by atoms with Gasteiger partial charge in [-0.1, -0.05) is 0 Å². The molecule has 0 atom stereocenters. The maximum atomic E-state index is 11.9. The van der Waals surface area contributed by atoms with Gasteiger partial charge in [-0.05, 0) is 23.4 Å². The number of aliphatic hydroxyl groups excluding tert-OH is 1. The lowest BCUT2D eigenvalue weighted by Crippen LogP contribution is -2.24. The summed E-state index contributed by atoms with van der Waals surface area (Å²) >= 11 is 1.11. The number of hydrogen-bond donors (Lipinski definition) is 2. The molecule has 8 heteroatoms. The molecule has 6 nitrogen and oxygen atoms in total. The van der Waals surface area contributed by atoms with Gasteiger partial charge in [0.15, 0.2) is 0 Å². The zero-order chi connectivity index (χ0) is 13.7. The normalized spacial score (nSPS) is 11.8. The monoisotopic (exact) mass is 301 g/mol. The van der Waals surface area contributed by atoms with Crippen LogP contribution in [0.1, 0.15) is 12.0 Å². The molecule has 0 aliphatic carbocycles. The van der Waals surface area contributed by atoms with Crippen molar-refractivity contribution in [2.75, 3.05) is 6.54 Å². The van der Waals surface area contributed by atoms with Crippen molar-refractivity contribution in [2.45, 2.75) is 23.8 Å². The number of nitrogens with one attached hydrogen (secondary N) is 1. The minimum absolute atomic E-state index is 0.146. The first-order chi connectivity index (χ1) is 9.12. The Hall–Kier alpha value is -1.22. The predicted molar refractivity (Wildman–Crippen MR) is 72.3 cm³/mol. The molecule has 0 fully saturated rings. The number of thiophene rings is 1. The van der Waals surface area contributed by atoms with Gasteiger partial charge in [0.05, 0.1) is 12.9 Å². The Morgan fingerprint density at radius 2 is 2.32 bits per heavy atom. The lowest BCUT2D eigenvalue weighted by atomic mass is 10.4. The molecule has 2 aromatic rings. The van der Waals surface area contributed by atoms with Crippen LogP contribution in [0.25, 0.3) is 0 Å². The van der Waals surface area contributed by atoms with Gasteiger partial charge in [0.2, 0.25) is 10.0 Å². The fraction of sp³-hybridized carbons (Fsp3) is 0.364. The highest BCUT2D eigenvalue weighted by Gasteiger charge is 2.15.